The Morgan fingerprint density at radius 2 is 2.13 bits per heavy atom. The number of hydrogen-bond donors (Lipinski definition) is 1. The summed E-state index contributed by atoms with van der Waals surface area (Å²) in [5, 5.41) is 9.15. The van der Waals surface area contributed by atoms with Gasteiger partial charge < -0.3 is 10.0 Å². The molecule has 0 spiro atoms. The predicted molar refractivity (Wildman–Crippen MR) is 54.3 cm³/mol. The Hall–Kier alpha value is -1.06. The standard InChI is InChI=1S/C11H17NO3/c1-8(13)12-5-2-4-11(10(14)15)7-9(11)3-6-12/h9H,2-7H2,1H3,(H,14,15). The summed E-state index contributed by atoms with van der Waals surface area (Å²) in [5.74, 6) is -0.223. The molecule has 1 heterocycles. The van der Waals surface area contributed by atoms with Crippen LogP contribution in [-0.4, -0.2) is 35.0 Å². The van der Waals surface area contributed by atoms with Gasteiger partial charge in [-0.25, -0.2) is 0 Å². The highest BCUT2D eigenvalue weighted by atomic mass is 16.4. The van der Waals surface area contributed by atoms with Crippen molar-refractivity contribution in [3.8, 4) is 0 Å². The minimum Gasteiger partial charge on any atom is -0.481 e. The zero-order valence-corrected chi connectivity index (χ0v) is 9.03. The number of aliphatic carboxylic acids is 1. The van der Waals surface area contributed by atoms with Crippen LogP contribution in [0.3, 0.4) is 0 Å². The topological polar surface area (TPSA) is 57.6 Å². The van der Waals surface area contributed by atoms with Gasteiger partial charge in [0.2, 0.25) is 5.91 Å². The molecule has 0 aromatic heterocycles. The maximum absolute atomic E-state index is 11.2. The van der Waals surface area contributed by atoms with Crippen LogP contribution < -0.4 is 0 Å². The van der Waals surface area contributed by atoms with E-state index in [0.29, 0.717) is 5.92 Å². The van der Waals surface area contributed by atoms with Crippen molar-refractivity contribution in [2.75, 3.05) is 13.1 Å². The summed E-state index contributed by atoms with van der Waals surface area (Å²) in [4.78, 5) is 24.2. The molecule has 1 saturated carbocycles. The van der Waals surface area contributed by atoms with Gasteiger partial charge in [0.15, 0.2) is 0 Å². The van der Waals surface area contributed by atoms with Crippen LogP contribution in [0, 0.1) is 11.3 Å². The fourth-order valence-corrected chi connectivity index (χ4v) is 2.76. The SMILES string of the molecule is CC(=O)N1CCCC2(C(=O)O)CC2CC1. The second-order valence-corrected chi connectivity index (χ2v) is 4.76. The molecule has 2 fully saturated rings. The quantitative estimate of drug-likeness (QED) is 0.706. The monoisotopic (exact) mass is 211 g/mol. The summed E-state index contributed by atoms with van der Waals surface area (Å²) in [7, 11) is 0. The van der Waals surface area contributed by atoms with E-state index in [2.05, 4.69) is 0 Å². The molecular formula is C11H17NO3. The first-order valence-corrected chi connectivity index (χ1v) is 5.55. The molecule has 2 aliphatic rings. The van der Waals surface area contributed by atoms with E-state index in [1.54, 1.807) is 6.92 Å². The van der Waals surface area contributed by atoms with Gasteiger partial charge in [0.05, 0.1) is 5.41 Å². The van der Waals surface area contributed by atoms with E-state index in [-0.39, 0.29) is 5.91 Å². The Bertz CT molecular complexity index is 302. The molecule has 2 rings (SSSR count). The first-order valence-electron chi connectivity index (χ1n) is 5.55. The summed E-state index contributed by atoms with van der Waals surface area (Å²) in [6.07, 6.45) is 3.22. The summed E-state index contributed by atoms with van der Waals surface area (Å²) in [6, 6.07) is 0. The maximum atomic E-state index is 11.2. The molecule has 1 amide bonds. The van der Waals surface area contributed by atoms with E-state index in [1.807, 2.05) is 4.90 Å². The molecule has 0 bridgehead atoms. The van der Waals surface area contributed by atoms with Gasteiger partial charge in [-0.15, -0.1) is 0 Å². The molecule has 1 aliphatic carbocycles. The first-order chi connectivity index (χ1) is 7.06. The Labute approximate surface area is 89.3 Å². The van der Waals surface area contributed by atoms with Crippen LogP contribution in [0.15, 0.2) is 0 Å². The molecule has 1 saturated heterocycles. The van der Waals surface area contributed by atoms with E-state index in [1.165, 1.54) is 0 Å². The van der Waals surface area contributed by atoms with Gasteiger partial charge >= 0.3 is 5.97 Å². The van der Waals surface area contributed by atoms with Gasteiger partial charge in [0.1, 0.15) is 0 Å². The van der Waals surface area contributed by atoms with Gasteiger partial charge in [-0.1, -0.05) is 0 Å². The fourth-order valence-electron chi connectivity index (χ4n) is 2.76. The molecule has 2 atom stereocenters. The maximum Gasteiger partial charge on any atom is 0.309 e. The molecule has 0 aromatic carbocycles. The second-order valence-electron chi connectivity index (χ2n) is 4.76. The van der Waals surface area contributed by atoms with Crippen molar-refractivity contribution in [1.29, 1.82) is 0 Å². The Morgan fingerprint density at radius 1 is 1.40 bits per heavy atom. The highest BCUT2D eigenvalue weighted by Crippen LogP contribution is 2.58. The molecule has 2 unspecified atom stereocenters. The highest BCUT2D eigenvalue weighted by molar-refractivity contribution is 5.78. The number of carbonyl (C=O) groups is 2. The number of amides is 1. The van der Waals surface area contributed by atoms with E-state index in [9.17, 15) is 9.59 Å². The average Bonchev–Trinajstić information content (AvgIpc) is 2.78. The van der Waals surface area contributed by atoms with Crippen molar-refractivity contribution in [1.82, 2.24) is 4.90 Å². The van der Waals surface area contributed by atoms with Crippen molar-refractivity contribution in [3.05, 3.63) is 0 Å². The van der Waals surface area contributed by atoms with Gasteiger partial charge in [0.25, 0.3) is 0 Å². The molecule has 1 N–H and O–H groups in total. The van der Waals surface area contributed by atoms with Crippen LogP contribution in [0.2, 0.25) is 0 Å². The number of carboxylic acids is 1. The minimum absolute atomic E-state index is 0.110. The van der Waals surface area contributed by atoms with Crippen molar-refractivity contribution in [2.45, 2.75) is 32.6 Å². The van der Waals surface area contributed by atoms with Crippen LogP contribution in [-0.2, 0) is 9.59 Å². The highest BCUT2D eigenvalue weighted by Gasteiger charge is 2.59. The molecular weight excluding hydrogens is 194 g/mol. The zero-order valence-electron chi connectivity index (χ0n) is 9.03. The van der Waals surface area contributed by atoms with Crippen LogP contribution in [0.5, 0.6) is 0 Å². The summed E-state index contributed by atoms with van der Waals surface area (Å²) < 4.78 is 0. The molecule has 15 heavy (non-hydrogen) atoms. The number of hydrogen-bond acceptors (Lipinski definition) is 2. The van der Waals surface area contributed by atoms with Crippen molar-refractivity contribution < 1.29 is 14.7 Å². The van der Waals surface area contributed by atoms with E-state index in [0.717, 1.165) is 38.8 Å². The lowest BCUT2D eigenvalue weighted by Gasteiger charge is -2.25. The van der Waals surface area contributed by atoms with E-state index < -0.39 is 11.4 Å². The third-order valence-electron chi connectivity index (χ3n) is 3.90. The van der Waals surface area contributed by atoms with E-state index >= 15 is 0 Å². The molecule has 1 aliphatic heterocycles. The lowest BCUT2D eigenvalue weighted by Crippen LogP contribution is -2.34. The molecule has 4 heteroatoms. The molecule has 0 radical (unpaired) electrons. The smallest absolute Gasteiger partial charge is 0.309 e. The predicted octanol–water partition coefficient (Wildman–Crippen LogP) is 1.11. The summed E-state index contributed by atoms with van der Waals surface area (Å²) in [5.41, 5.74) is -0.428. The third kappa shape index (κ3) is 1.73. The first kappa shape index (κ1) is 10.5. The zero-order chi connectivity index (χ0) is 11.1. The van der Waals surface area contributed by atoms with E-state index in [4.69, 9.17) is 5.11 Å². The largest absolute Gasteiger partial charge is 0.481 e. The average molecular weight is 211 g/mol. The lowest BCUT2D eigenvalue weighted by atomic mass is 9.94. The normalized spacial score (nSPS) is 35.0. The Kier molecular flexibility index (Phi) is 2.44. The number of nitrogens with zero attached hydrogens (tertiary/aromatic N) is 1. The van der Waals surface area contributed by atoms with Gasteiger partial charge in [-0.05, 0) is 31.6 Å². The number of rotatable bonds is 1. The number of carboxylic acid groups (broad SMARTS) is 1. The van der Waals surface area contributed by atoms with Crippen LogP contribution in [0.1, 0.15) is 32.6 Å². The van der Waals surface area contributed by atoms with Crippen LogP contribution in [0.4, 0.5) is 0 Å². The molecule has 4 nitrogen and oxygen atoms in total. The van der Waals surface area contributed by atoms with Crippen LogP contribution in [0.25, 0.3) is 0 Å². The second kappa shape index (κ2) is 3.51. The summed E-state index contributed by atoms with van der Waals surface area (Å²) >= 11 is 0. The van der Waals surface area contributed by atoms with Crippen molar-refractivity contribution >= 4 is 11.9 Å². The molecule has 84 valence electrons. The summed E-state index contributed by atoms with van der Waals surface area (Å²) in [6.45, 7) is 3.03. The van der Waals surface area contributed by atoms with Crippen LogP contribution >= 0.6 is 0 Å². The van der Waals surface area contributed by atoms with Gasteiger partial charge in [-0.3, -0.25) is 9.59 Å². The molecule has 0 aromatic rings. The Morgan fingerprint density at radius 3 is 2.73 bits per heavy atom. The van der Waals surface area contributed by atoms with Crippen molar-refractivity contribution in [3.63, 3.8) is 0 Å². The Balaban J connectivity index is 1.99. The number of carbonyl (C=O) groups excluding carboxylic acids is 1. The van der Waals surface area contributed by atoms with Crippen molar-refractivity contribution in [2.24, 2.45) is 11.3 Å². The lowest BCUT2D eigenvalue weighted by molar-refractivity contribution is -0.144. The van der Waals surface area contributed by atoms with Gasteiger partial charge in [0, 0.05) is 20.0 Å². The van der Waals surface area contributed by atoms with Gasteiger partial charge in [-0.2, -0.15) is 0 Å². The third-order valence-corrected chi connectivity index (χ3v) is 3.90. The number of fused-ring (bicyclic) bond motifs is 1. The number of likely N-dealkylation sites (tertiary alicyclic amines) is 1. The fraction of sp³-hybridized carbons (Fsp3) is 0.818. The minimum atomic E-state index is -0.635.